The third-order valence-corrected chi connectivity index (χ3v) is 9.47. The molecule has 0 unspecified atom stereocenters. The zero-order valence-electron chi connectivity index (χ0n) is 21.5. The summed E-state index contributed by atoms with van der Waals surface area (Å²) in [4.78, 5) is 0. The van der Waals surface area contributed by atoms with Crippen molar-refractivity contribution in [1.29, 1.82) is 0 Å². The van der Waals surface area contributed by atoms with E-state index in [0.29, 0.717) is 36.0 Å². The zero-order valence-corrected chi connectivity index (χ0v) is 21.5. The van der Waals surface area contributed by atoms with Gasteiger partial charge in [-0.1, -0.05) is 64.2 Å². The summed E-state index contributed by atoms with van der Waals surface area (Å²) in [5, 5.41) is 30.8. The van der Waals surface area contributed by atoms with E-state index in [1.54, 1.807) is 5.57 Å². The molecule has 3 aliphatic rings. The van der Waals surface area contributed by atoms with Crippen molar-refractivity contribution >= 4 is 0 Å². The van der Waals surface area contributed by atoms with Crippen LogP contribution < -0.4 is 0 Å². The molecule has 3 saturated carbocycles. The second-order valence-corrected chi connectivity index (χ2v) is 11.4. The second kappa shape index (κ2) is 11.1. The number of fused-ring (bicyclic) bond motifs is 1. The maximum atomic E-state index is 10.5. The minimum absolute atomic E-state index is 0.336. The number of aliphatic hydroxyl groups excluding tert-OH is 2. The number of hydrogen-bond donors (Lipinski definition) is 3. The first-order valence-electron chi connectivity index (χ1n) is 13.5. The SMILES string of the molecule is C=C1/C(=C\C=C2/CCC[C@]3(C)[C@@H]([C@@H](C)/C=C\CCC(O)(CC)CC)CC[C@@H]23)C[C@@H](O)C[C@@H]1O. The molecule has 0 amide bonds. The summed E-state index contributed by atoms with van der Waals surface area (Å²) in [6, 6.07) is 0. The highest BCUT2D eigenvalue weighted by molar-refractivity contribution is 5.38. The summed E-state index contributed by atoms with van der Waals surface area (Å²) in [6.45, 7) is 13.1. The van der Waals surface area contributed by atoms with Crippen molar-refractivity contribution < 1.29 is 15.3 Å². The molecule has 0 spiro atoms. The van der Waals surface area contributed by atoms with Gasteiger partial charge in [-0.05, 0) is 98.5 Å². The van der Waals surface area contributed by atoms with Gasteiger partial charge < -0.3 is 15.3 Å². The molecule has 0 aliphatic heterocycles. The smallest absolute Gasteiger partial charge is 0.0811 e. The lowest BCUT2D eigenvalue weighted by Gasteiger charge is -2.44. The van der Waals surface area contributed by atoms with Gasteiger partial charge in [-0.2, -0.15) is 0 Å². The van der Waals surface area contributed by atoms with Crippen molar-refractivity contribution in [3.63, 3.8) is 0 Å². The van der Waals surface area contributed by atoms with Gasteiger partial charge in [0.15, 0.2) is 0 Å². The van der Waals surface area contributed by atoms with Crippen LogP contribution in [0, 0.1) is 23.2 Å². The highest BCUT2D eigenvalue weighted by Crippen LogP contribution is 2.59. The van der Waals surface area contributed by atoms with Crippen LogP contribution in [0.25, 0.3) is 0 Å². The fourth-order valence-electron chi connectivity index (χ4n) is 7.01. The third-order valence-electron chi connectivity index (χ3n) is 9.47. The predicted octanol–water partition coefficient (Wildman–Crippen LogP) is 6.65. The average Bonchev–Trinajstić information content (AvgIpc) is 3.15. The van der Waals surface area contributed by atoms with E-state index < -0.39 is 17.8 Å². The van der Waals surface area contributed by atoms with E-state index >= 15 is 0 Å². The third kappa shape index (κ3) is 5.92. The predicted molar refractivity (Wildman–Crippen MR) is 138 cm³/mol. The summed E-state index contributed by atoms with van der Waals surface area (Å²) < 4.78 is 0. The fourth-order valence-corrected chi connectivity index (χ4v) is 7.01. The van der Waals surface area contributed by atoms with E-state index in [2.05, 4.69) is 58.6 Å². The van der Waals surface area contributed by atoms with E-state index in [9.17, 15) is 15.3 Å². The van der Waals surface area contributed by atoms with Crippen molar-refractivity contribution in [2.24, 2.45) is 23.2 Å². The van der Waals surface area contributed by atoms with Gasteiger partial charge in [0.2, 0.25) is 0 Å². The molecule has 33 heavy (non-hydrogen) atoms. The molecule has 0 aromatic carbocycles. The molecule has 3 heteroatoms. The summed E-state index contributed by atoms with van der Waals surface area (Å²) in [6.07, 6.45) is 18.7. The van der Waals surface area contributed by atoms with Crippen molar-refractivity contribution in [1.82, 2.24) is 0 Å². The molecular weight excluding hydrogens is 408 g/mol. The van der Waals surface area contributed by atoms with E-state index in [1.165, 1.54) is 25.7 Å². The first kappa shape index (κ1) is 26.4. The van der Waals surface area contributed by atoms with Gasteiger partial charge in [0.25, 0.3) is 0 Å². The molecule has 3 aliphatic carbocycles. The largest absolute Gasteiger partial charge is 0.393 e. The Labute approximate surface area is 202 Å². The summed E-state index contributed by atoms with van der Waals surface area (Å²) in [7, 11) is 0. The molecule has 0 aromatic rings. The first-order chi connectivity index (χ1) is 15.6. The van der Waals surface area contributed by atoms with Crippen molar-refractivity contribution in [2.45, 2.75) is 116 Å². The molecule has 0 heterocycles. The monoisotopic (exact) mass is 456 g/mol. The molecule has 3 N–H and O–H groups in total. The van der Waals surface area contributed by atoms with E-state index in [0.717, 1.165) is 43.3 Å². The number of rotatable bonds is 8. The minimum atomic E-state index is -0.621. The molecule has 0 radical (unpaired) electrons. The molecular formula is C30H48O3. The van der Waals surface area contributed by atoms with Gasteiger partial charge in [0.1, 0.15) is 0 Å². The molecule has 186 valence electrons. The van der Waals surface area contributed by atoms with Crippen LogP contribution in [0.2, 0.25) is 0 Å². The fraction of sp³-hybridized carbons (Fsp3) is 0.733. The normalized spacial score (nSPS) is 36.6. The number of hydrogen-bond acceptors (Lipinski definition) is 3. The Kier molecular flexibility index (Phi) is 8.86. The van der Waals surface area contributed by atoms with E-state index in [4.69, 9.17) is 0 Å². The van der Waals surface area contributed by atoms with Crippen molar-refractivity contribution in [2.75, 3.05) is 0 Å². The van der Waals surface area contributed by atoms with Gasteiger partial charge in [-0.3, -0.25) is 0 Å². The Balaban J connectivity index is 1.67. The Morgan fingerprint density at radius 3 is 2.61 bits per heavy atom. The van der Waals surface area contributed by atoms with Crippen LogP contribution in [-0.4, -0.2) is 33.1 Å². The minimum Gasteiger partial charge on any atom is -0.393 e. The number of allylic oxidation sites excluding steroid dienone is 5. The molecule has 3 nitrogen and oxygen atoms in total. The van der Waals surface area contributed by atoms with E-state index in [1.807, 2.05) is 0 Å². The lowest BCUT2D eigenvalue weighted by atomic mass is 9.61. The van der Waals surface area contributed by atoms with Gasteiger partial charge in [0, 0.05) is 6.42 Å². The van der Waals surface area contributed by atoms with Crippen LogP contribution in [0.1, 0.15) is 98.3 Å². The van der Waals surface area contributed by atoms with E-state index in [-0.39, 0.29) is 0 Å². The van der Waals surface area contributed by atoms with Crippen LogP contribution in [0.4, 0.5) is 0 Å². The summed E-state index contributed by atoms with van der Waals surface area (Å²) in [5.74, 6) is 1.87. The number of aliphatic hydroxyl groups is 3. The molecule has 3 fully saturated rings. The molecule has 0 bridgehead atoms. The molecule has 6 atom stereocenters. The Hall–Kier alpha value is -1.16. The van der Waals surface area contributed by atoms with Crippen LogP contribution in [-0.2, 0) is 0 Å². The van der Waals surface area contributed by atoms with Gasteiger partial charge in [-0.15, -0.1) is 0 Å². The molecule has 0 aromatic heterocycles. The Morgan fingerprint density at radius 2 is 1.91 bits per heavy atom. The lowest BCUT2D eigenvalue weighted by Crippen LogP contribution is -2.35. The first-order valence-corrected chi connectivity index (χ1v) is 13.5. The van der Waals surface area contributed by atoms with Crippen molar-refractivity contribution in [3.05, 3.63) is 47.6 Å². The van der Waals surface area contributed by atoms with Crippen LogP contribution in [0.3, 0.4) is 0 Å². The maximum Gasteiger partial charge on any atom is 0.0811 e. The van der Waals surface area contributed by atoms with Crippen LogP contribution in [0.5, 0.6) is 0 Å². The van der Waals surface area contributed by atoms with Crippen molar-refractivity contribution in [3.8, 4) is 0 Å². The average molecular weight is 457 g/mol. The summed E-state index contributed by atoms with van der Waals surface area (Å²) in [5.41, 5.74) is 3.16. The van der Waals surface area contributed by atoms with Gasteiger partial charge in [0.05, 0.1) is 17.8 Å². The van der Waals surface area contributed by atoms with Gasteiger partial charge >= 0.3 is 0 Å². The zero-order chi connectivity index (χ0) is 24.2. The quantitative estimate of drug-likeness (QED) is 0.358. The Bertz CT molecular complexity index is 771. The standard InChI is InChI=1S/C30H48O3/c1-6-30(33,7-2)18-9-8-11-21(3)26-15-16-27-23(12-10-17-29(26,27)5)13-14-24-19-25(31)20-28(32)22(24)4/h8,11,13-14,21,25-28,31-33H,4,6-7,9-10,12,15-20H2,1-3,5H3/b11-8-,23-13+,24-14-/t21-,25+,26+,27-,28-,29+/m0/s1. The molecule has 0 saturated heterocycles. The maximum absolute atomic E-state index is 10.5. The molecule has 3 rings (SSSR count). The second-order valence-electron chi connectivity index (χ2n) is 11.4. The highest BCUT2D eigenvalue weighted by atomic mass is 16.3. The Morgan fingerprint density at radius 1 is 1.18 bits per heavy atom. The van der Waals surface area contributed by atoms with Crippen LogP contribution in [0.15, 0.2) is 47.6 Å². The van der Waals surface area contributed by atoms with Gasteiger partial charge in [-0.25, -0.2) is 0 Å². The highest BCUT2D eigenvalue weighted by Gasteiger charge is 2.50. The lowest BCUT2D eigenvalue weighted by molar-refractivity contribution is 0.0245. The van der Waals surface area contributed by atoms with Crippen LogP contribution >= 0.6 is 0 Å². The summed E-state index contributed by atoms with van der Waals surface area (Å²) >= 11 is 0. The topological polar surface area (TPSA) is 60.7 Å².